The molecule has 8 nitrogen and oxygen atoms in total. The van der Waals surface area contributed by atoms with Crippen molar-refractivity contribution >= 4 is 62.5 Å². The van der Waals surface area contributed by atoms with Gasteiger partial charge in [-0.15, -0.1) is 0 Å². The zero-order chi connectivity index (χ0) is 27.4. The highest BCUT2D eigenvalue weighted by Gasteiger charge is 2.36. The van der Waals surface area contributed by atoms with Crippen LogP contribution in [0.5, 0.6) is 11.5 Å². The number of nitrogens with one attached hydrogen (secondary N) is 1. The maximum absolute atomic E-state index is 12.9. The smallest absolute Gasteiger partial charge is 0.343 e. The summed E-state index contributed by atoms with van der Waals surface area (Å²) >= 11 is 4.07. The van der Waals surface area contributed by atoms with E-state index < -0.39 is 29.6 Å². The minimum absolute atomic E-state index is 0.162. The van der Waals surface area contributed by atoms with Crippen molar-refractivity contribution in [3.05, 3.63) is 92.3 Å². The Labute approximate surface area is 232 Å². The number of esters is 1. The second-order valence-corrected chi connectivity index (χ2v) is 10.3. The standard InChI is InChI=1S/C28H23BrN2O6S/c1-16-7-9-21(11-17(16)2)30-25(32)15-31-26(33)24(38-28(31)35)13-18-8-10-22(23(12-18)36-3)37-27(34)19-5-4-6-20(29)14-19/h4-14H,15H2,1-3H3,(H,30,32). The second-order valence-electron chi connectivity index (χ2n) is 8.43. The number of benzene rings is 3. The third-order valence-corrected chi connectivity index (χ3v) is 7.12. The van der Waals surface area contributed by atoms with Crippen molar-refractivity contribution in [1.82, 2.24) is 4.90 Å². The van der Waals surface area contributed by atoms with Crippen molar-refractivity contribution in [3.63, 3.8) is 0 Å². The van der Waals surface area contributed by atoms with Crippen LogP contribution < -0.4 is 14.8 Å². The fraction of sp³-hybridized carbons (Fsp3) is 0.143. The summed E-state index contributed by atoms with van der Waals surface area (Å²) in [5.41, 5.74) is 3.61. The predicted octanol–water partition coefficient (Wildman–Crippen LogP) is 5.97. The summed E-state index contributed by atoms with van der Waals surface area (Å²) in [5.74, 6) is -1.13. The number of nitrogens with zero attached hydrogens (tertiary/aromatic N) is 1. The Kier molecular flexibility index (Phi) is 8.33. The van der Waals surface area contributed by atoms with Crippen molar-refractivity contribution in [1.29, 1.82) is 0 Å². The van der Waals surface area contributed by atoms with Crippen LogP contribution in [0.1, 0.15) is 27.0 Å². The minimum atomic E-state index is -0.570. The largest absolute Gasteiger partial charge is 0.493 e. The van der Waals surface area contributed by atoms with E-state index in [-0.39, 0.29) is 16.4 Å². The van der Waals surface area contributed by atoms with E-state index in [2.05, 4.69) is 21.2 Å². The summed E-state index contributed by atoms with van der Waals surface area (Å²) in [5, 5.41) is 2.18. The molecule has 1 N–H and O–H groups in total. The zero-order valence-corrected chi connectivity index (χ0v) is 23.1. The first kappa shape index (κ1) is 27.2. The Morgan fingerprint density at radius 3 is 2.50 bits per heavy atom. The molecule has 1 saturated heterocycles. The maximum atomic E-state index is 12.9. The Hall–Kier alpha value is -3.89. The van der Waals surface area contributed by atoms with Crippen LogP contribution in [0.15, 0.2) is 70.0 Å². The summed E-state index contributed by atoms with van der Waals surface area (Å²) < 4.78 is 11.6. The Morgan fingerprint density at radius 1 is 1.00 bits per heavy atom. The van der Waals surface area contributed by atoms with Crippen LogP contribution in [0.2, 0.25) is 0 Å². The molecule has 3 aromatic rings. The third-order valence-electron chi connectivity index (χ3n) is 5.71. The van der Waals surface area contributed by atoms with E-state index >= 15 is 0 Å². The van der Waals surface area contributed by atoms with Gasteiger partial charge in [-0.3, -0.25) is 19.3 Å². The SMILES string of the molecule is COc1cc(C=C2SC(=O)N(CC(=O)Nc3ccc(C)c(C)c3)C2=O)ccc1OC(=O)c1cccc(Br)c1. The molecule has 3 aromatic carbocycles. The number of halogens is 1. The topological polar surface area (TPSA) is 102 Å². The number of hydrogen-bond acceptors (Lipinski definition) is 7. The van der Waals surface area contributed by atoms with Crippen LogP contribution in [-0.2, 0) is 9.59 Å². The van der Waals surface area contributed by atoms with E-state index in [0.717, 1.165) is 32.3 Å². The molecule has 0 aliphatic carbocycles. The number of rotatable bonds is 7. The molecule has 0 atom stereocenters. The van der Waals surface area contributed by atoms with Gasteiger partial charge in [0.1, 0.15) is 6.54 Å². The van der Waals surface area contributed by atoms with E-state index in [1.165, 1.54) is 13.2 Å². The van der Waals surface area contributed by atoms with Crippen LogP contribution in [0, 0.1) is 13.8 Å². The highest BCUT2D eigenvalue weighted by molar-refractivity contribution is 9.10. The fourth-order valence-electron chi connectivity index (χ4n) is 3.58. The molecule has 10 heteroatoms. The van der Waals surface area contributed by atoms with Crippen LogP contribution >= 0.6 is 27.7 Å². The minimum Gasteiger partial charge on any atom is -0.493 e. The summed E-state index contributed by atoms with van der Waals surface area (Å²) in [6, 6.07) is 17.0. The lowest BCUT2D eigenvalue weighted by molar-refractivity contribution is -0.127. The maximum Gasteiger partial charge on any atom is 0.343 e. The molecule has 4 rings (SSSR count). The van der Waals surface area contributed by atoms with Crippen LogP contribution in [0.3, 0.4) is 0 Å². The first-order chi connectivity index (χ1) is 18.1. The third kappa shape index (κ3) is 6.32. The number of hydrogen-bond donors (Lipinski definition) is 1. The Bertz CT molecular complexity index is 1490. The van der Waals surface area contributed by atoms with Crippen molar-refractivity contribution in [2.45, 2.75) is 13.8 Å². The quantitative estimate of drug-likeness (QED) is 0.204. The molecule has 1 heterocycles. The number of imide groups is 1. The number of carbonyl (C=O) groups excluding carboxylic acids is 4. The molecule has 38 heavy (non-hydrogen) atoms. The average molecular weight is 595 g/mol. The normalized spacial score (nSPS) is 14.1. The molecule has 0 radical (unpaired) electrons. The second kappa shape index (κ2) is 11.7. The van der Waals surface area contributed by atoms with Gasteiger partial charge in [-0.05, 0) is 90.8 Å². The average Bonchev–Trinajstić information content (AvgIpc) is 3.14. The van der Waals surface area contributed by atoms with E-state index in [4.69, 9.17) is 9.47 Å². The Balaban J connectivity index is 1.45. The first-order valence-corrected chi connectivity index (χ1v) is 13.0. The molecule has 0 bridgehead atoms. The van der Waals surface area contributed by atoms with Gasteiger partial charge in [-0.25, -0.2) is 4.79 Å². The predicted molar refractivity (Wildman–Crippen MR) is 149 cm³/mol. The van der Waals surface area contributed by atoms with Gasteiger partial charge in [0.25, 0.3) is 11.1 Å². The van der Waals surface area contributed by atoms with Gasteiger partial charge in [-0.2, -0.15) is 0 Å². The summed E-state index contributed by atoms with van der Waals surface area (Å²) in [7, 11) is 1.43. The number of carbonyl (C=O) groups is 4. The van der Waals surface area contributed by atoms with Crippen LogP contribution in [-0.4, -0.2) is 41.6 Å². The lowest BCUT2D eigenvalue weighted by atomic mass is 10.1. The van der Waals surface area contributed by atoms with E-state index in [9.17, 15) is 19.2 Å². The Morgan fingerprint density at radius 2 is 1.79 bits per heavy atom. The van der Waals surface area contributed by atoms with Gasteiger partial charge in [0.05, 0.1) is 17.6 Å². The molecular weight excluding hydrogens is 572 g/mol. The lowest BCUT2D eigenvalue weighted by Crippen LogP contribution is -2.36. The number of thioether (sulfide) groups is 1. The molecule has 0 saturated carbocycles. The van der Waals surface area contributed by atoms with Crippen LogP contribution in [0.4, 0.5) is 10.5 Å². The molecule has 1 aliphatic heterocycles. The summed E-state index contributed by atoms with van der Waals surface area (Å²) in [4.78, 5) is 51.5. The number of amides is 3. The van der Waals surface area contributed by atoms with Crippen molar-refractivity contribution in [2.75, 3.05) is 19.0 Å². The van der Waals surface area contributed by atoms with E-state index in [0.29, 0.717) is 16.8 Å². The summed E-state index contributed by atoms with van der Waals surface area (Å²) in [6.07, 6.45) is 1.52. The molecule has 1 aliphatic rings. The van der Waals surface area contributed by atoms with Crippen molar-refractivity contribution < 1.29 is 28.7 Å². The van der Waals surface area contributed by atoms with Gasteiger partial charge in [0.2, 0.25) is 5.91 Å². The molecule has 0 unspecified atom stereocenters. The molecular formula is C28H23BrN2O6S. The van der Waals surface area contributed by atoms with Crippen molar-refractivity contribution in [3.8, 4) is 11.5 Å². The molecule has 3 amide bonds. The molecule has 1 fully saturated rings. The van der Waals surface area contributed by atoms with Crippen LogP contribution in [0.25, 0.3) is 6.08 Å². The number of anilines is 1. The van der Waals surface area contributed by atoms with Gasteiger partial charge >= 0.3 is 5.97 Å². The number of methoxy groups -OCH3 is 1. The molecule has 0 aromatic heterocycles. The van der Waals surface area contributed by atoms with Gasteiger partial charge < -0.3 is 14.8 Å². The highest BCUT2D eigenvalue weighted by Crippen LogP contribution is 2.35. The lowest BCUT2D eigenvalue weighted by Gasteiger charge is -2.13. The van der Waals surface area contributed by atoms with Gasteiger partial charge in [-0.1, -0.05) is 34.1 Å². The van der Waals surface area contributed by atoms with Gasteiger partial charge in [0, 0.05) is 10.2 Å². The number of ether oxygens (including phenoxy) is 2. The molecule has 194 valence electrons. The molecule has 0 spiro atoms. The van der Waals surface area contributed by atoms with Gasteiger partial charge in [0.15, 0.2) is 11.5 Å². The highest BCUT2D eigenvalue weighted by atomic mass is 79.9. The van der Waals surface area contributed by atoms with Crippen molar-refractivity contribution in [2.24, 2.45) is 0 Å². The van der Waals surface area contributed by atoms with E-state index in [1.54, 1.807) is 48.5 Å². The monoisotopic (exact) mass is 594 g/mol. The number of aryl methyl sites for hydroxylation is 2. The summed E-state index contributed by atoms with van der Waals surface area (Å²) in [6.45, 7) is 3.50. The fourth-order valence-corrected chi connectivity index (χ4v) is 4.82. The zero-order valence-electron chi connectivity index (χ0n) is 20.7. The van der Waals surface area contributed by atoms with E-state index in [1.807, 2.05) is 26.0 Å². The first-order valence-electron chi connectivity index (χ1n) is 11.4.